The van der Waals surface area contributed by atoms with Gasteiger partial charge >= 0.3 is 0 Å². The van der Waals surface area contributed by atoms with E-state index in [1.807, 2.05) is 6.20 Å². The molecule has 0 radical (unpaired) electrons. The van der Waals surface area contributed by atoms with Crippen LogP contribution in [-0.2, 0) is 24.7 Å². The largest absolute Gasteiger partial charge is 0.245 e. The lowest BCUT2D eigenvalue weighted by Gasteiger charge is -2.35. The Morgan fingerprint density at radius 2 is 1.70 bits per heavy atom. The van der Waals surface area contributed by atoms with Gasteiger partial charge in [0.15, 0.2) is 0 Å². The quantitative estimate of drug-likeness (QED) is 0.741. The third kappa shape index (κ3) is 2.21. The van der Waals surface area contributed by atoms with Crippen molar-refractivity contribution in [3.8, 4) is 0 Å². The minimum absolute atomic E-state index is 0. The number of halogens is 2. The van der Waals surface area contributed by atoms with Crippen LogP contribution in [0.2, 0.25) is 0 Å². The lowest BCUT2D eigenvalue weighted by molar-refractivity contribution is 0.363. The Hall–Kier alpha value is -1.12. The fourth-order valence-corrected chi connectivity index (χ4v) is 3.74. The van der Waals surface area contributed by atoms with Crippen LogP contribution < -0.4 is 0 Å². The molecule has 0 bridgehead atoms. The van der Waals surface area contributed by atoms with E-state index >= 15 is 0 Å². The molecular formula is C16H18Cl2N2. The first kappa shape index (κ1) is 15.3. The maximum Gasteiger partial charge on any atom is 0.115 e. The zero-order valence-corrected chi connectivity index (χ0v) is 12.8. The maximum atomic E-state index is 4.50. The van der Waals surface area contributed by atoms with Crippen molar-refractivity contribution in [2.24, 2.45) is 0 Å². The highest BCUT2D eigenvalue weighted by molar-refractivity contribution is 5.85. The summed E-state index contributed by atoms with van der Waals surface area (Å²) in [6.07, 6.45) is 9.69. The standard InChI is InChI=1S/C16H16N2.2ClH/c1-2-4-14-12(3-1)5-7-16(14)8-6-13-10-17-11-18-15(13)9-16;;/h1-4,10-11H,5-9H2;2*1H. The van der Waals surface area contributed by atoms with Crippen molar-refractivity contribution in [3.63, 3.8) is 0 Å². The van der Waals surface area contributed by atoms with Gasteiger partial charge in [-0.2, -0.15) is 0 Å². The molecule has 0 fully saturated rings. The summed E-state index contributed by atoms with van der Waals surface area (Å²) in [4.78, 5) is 8.65. The number of hydrogen-bond donors (Lipinski definition) is 0. The van der Waals surface area contributed by atoms with Crippen molar-refractivity contribution < 1.29 is 0 Å². The number of rotatable bonds is 0. The van der Waals surface area contributed by atoms with Gasteiger partial charge < -0.3 is 0 Å². The number of nitrogens with zero attached hydrogens (tertiary/aromatic N) is 2. The second kappa shape index (κ2) is 5.71. The van der Waals surface area contributed by atoms with Crippen LogP contribution >= 0.6 is 24.8 Å². The highest BCUT2D eigenvalue weighted by Gasteiger charge is 2.41. The van der Waals surface area contributed by atoms with E-state index in [2.05, 4.69) is 34.2 Å². The highest BCUT2D eigenvalue weighted by atomic mass is 35.5. The first-order valence-corrected chi connectivity index (χ1v) is 6.74. The Labute approximate surface area is 131 Å². The summed E-state index contributed by atoms with van der Waals surface area (Å²) in [5.74, 6) is 0. The third-order valence-electron chi connectivity index (χ3n) is 4.72. The summed E-state index contributed by atoms with van der Waals surface area (Å²) in [5, 5.41) is 0. The zero-order valence-electron chi connectivity index (χ0n) is 11.2. The van der Waals surface area contributed by atoms with E-state index in [1.54, 1.807) is 17.5 Å². The van der Waals surface area contributed by atoms with Gasteiger partial charge in [-0.15, -0.1) is 24.8 Å². The minimum atomic E-state index is 0. The molecule has 4 heteroatoms. The summed E-state index contributed by atoms with van der Waals surface area (Å²) in [6, 6.07) is 8.96. The van der Waals surface area contributed by atoms with Gasteiger partial charge in [0.1, 0.15) is 6.33 Å². The lowest BCUT2D eigenvalue weighted by atomic mass is 9.70. The van der Waals surface area contributed by atoms with Crippen LogP contribution in [0.5, 0.6) is 0 Å². The Bertz CT molecular complexity index is 615. The molecule has 2 aliphatic carbocycles. The van der Waals surface area contributed by atoms with Crippen LogP contribution in [0.1, 0.15) is 35.2 Å². The van der Waals surface area contributed by atoms with Crippen LogP contribution in [0.4, 0.5) is 0 Å². The summed E-state index contributed by atoms with van der Waals surface area (Å²) in [6.45, 7) is 0. The van der Waals surface area contributed by atoms with E-state index in [0.717, 1.165) is 12.8 Å². The SMILES string of the molecule is Cl.Cl.c1ccc2c(c1)CCC21CCc2cncnc2C1. The van der Waals surface area contributed by atoms with E-state index in [4.69, 9.17) is 0 Å². The van der Waals surface area contributed by atoms with E-state index in [1.165, 1.54) is 30.5 Å². The molecule has 1 heterocycles. The van der Waals surface area contributed by atoms with Gasteiger partial charge in [0.05, 0.1) is 0 Å². The van der Waals surface area contributed by atoms with E-state index < -0.39 is 0 Å². The van der Waals surface area contributed by atoms with Crippen molar-refractivity contribution in [2.75, 3.05) is 0 Å². The summed E-state index contributed by atoms with van der Waals surface area (Å²) >= 11 is 0. The van der Waals surface area contributed by atoms with E-state index in [-0.39, 0.29) is 24.8 Å². The molecular weight excluding hydrogens is 291 g/mol. The highest BCUT2D eigenvalue weighted by Crippen LogP contribution is 2.46. The van der Waals surface area contributed by atoms with Crippen molar-refractivity contribution in [3.05, 3.63) is 59.2 Å². The number of benzene rings is 1. The van der Waals surface area contributed by atoms with Gasteiger partial charge in [0.2, 0.25) is 0 Å². The molecule has 1 aromatic carbocycles. The number of aryl methyl sites for hydroxylation is 2. The van der Waals surface area contributed by atoms with Crippen LogP contribution in [0.25, 0.3) is 0 Å². The Kier molecular flexibility index (Phi) is 4.36. The lowest BCUT2D eigenvalue weighted by Crippen LogP contribution is -2.31. The van der Waals surface area contributed by atoms with E-state index in [9.17, 15) is 0 Å². The Morgan fingerprint density at radius 1 is 0.950 bits per heavy atom. The molecule has 0 N–H and O–H groups in total. The van der Waals surface area contributed by atoms with Crippen LogP contribution in [0.3, 0.4) is 0 Å². The smallest absolute Gasteiger partial charge is 0.115 e. The Balaban J connectivity index is 0.000000735. The molecule has 20 heavy (non-hydrogen) atoms. The molecule has 0 amide bonds. The fourth-order valence-electron chi connectivity index (χ4n) is 3.74. The average Bonchev–Trinajstić information content (AvgIpc) is 2.78. The third-order valence-corrected chi connectivity index (χ3v) is 4.72. The van der Waals surface area contributed by atoms with Gasteiger partial charge in [-0.05, 0) is 48.8 Å². The number of fused-ring (bicyclic) bond motifs is 3. The summed E-state index contributed by atoms with van der Waals surface area (Å²) < 4.78 is 0. The predicted octanol–water partition coefficient (Wildman–Crippen LogP) is 3.69. The normalized spacial score (nSPS) is 22.4. The summed E-state index contributed by atoms with van der Waals surface area (Å²) in [7, 11) is 0. The molecule has 2 nitrogen and oxygen atoms in total. The molecule has 2 aromatic rings. The van der Waals surface area contributed by atoms with Crippen molar-refractivity contribution >= 4 is 24.8 Å². The van der Waals surface area contributed by atoms with Gasteiger partial charge in [-0.1, -0.05) is 24.3 Å². The summed E-state index contributed by atoms with van der Waals surface area (Å²) in [5.41, 5.74) is 6.11. The molecule has 106 valence electrons. The molecule has 0 aliphatic heterocycles. The molecule has 1 atom stereocenters. The average molecular weight is 309 g/mol. The molecule has 4 rings (SSSR count). The van der Waals surface area contributed by atoms with E-state index in [0.29, 0.717) is 5.41 Å². The molecule has 0 saturated carbocycles. The first-order valence-electron chi connectivity index (χ1n) is 6.74. The van der Waals surface area contributed by atoms with Gasteiger partial charge in [0, 0.05) is 17.3 Å². The van der Waals surface area contributed by atoms with Crippen LogP contribution in [0, 0.1) is 0 Å². The molecule has 1 aromatic heterocycles. The van der Waals surface area contributed by atoms with Crippen molar-refractivity contribution in [2.45, 2.75) is 37.5 Å². The predicted molar refractivity (Wildman–Crippen MR) is 85.0 cm³/mol. The number of aromatic nitrogens is 2. The minimum Gasteiger partial charge on any atom is -0.245 e. The van der Waals surface area contributed by atoms with Crippen LogP contribution in [-0.4, -0.2) is 9.97 Å². The molecule has 0 saturated heterocycles. The van der Waals surface area contributed by atoms with Gasteiger partial charge in [-0.3, -0.25) is 0 Å². The maximum absolute atomic E-state index is 4.50. The van der Waals surface area contributed by atoms with Crippen molar-refractivity contribution in [1.29, 1.82) is 0 Å². The number of hydrogen-bond acceptors (Lipinski definition) is 2. The Morgan fingerprint density at radius 3 is 2.55 bits per heavy atom. The molecule has 1 spiro atoms. The van der Waals surface area contributed by atoms with Crippen LogP contribution in [0.15, 0.2) is 36.8 Å². The topological polar surface area (TPSA) is 25.8 Å². The monoisotopic (exact) mass is 308 g/mol. The second-order valence-electron chi connectivity index (χ2n) is 5.61. The van der Waals surface area contributed by atoms with Crippen molar-refractivity contribution in [1.82, 2.24) is 9.97 Å². The molecule has 1 unspecified atom stereocenters. The van der Waals surface area contributed by atoms with Gasteiger partial charge in [0.25, 0.3) is 0 Å². The molecule has 2 aliphatic rings. The second-order valence-corrected chi connectivity index (χ2v) is 5.61. The fraction of sp³-hybridized carbons (Fsp3) is 0.375. The van der Waals surface area contributed by atoms with Gasteiger partial charge in [-0.25, -0.2) is 9.97 Å². The first-order chi connectivity index (χ1) is 8.87. The zero-order chi connectivity index (χ0) is 12.0.